The van der Waals surface area contributed by atoms with Gasteiger partial charge in [0.05, 0.1) is 6.10 Å². The summed E-state index contributed by atoms with van der Waals surface area (Å²) in [5, 5.41) is 9.00. The second-order valence-corrected chi connectivity index (χ2v) is 10.4. The average Bonchev–Trinajstić information content (AvgIpc) is 2.87. The Morgan fingerprint density at radius 2 is 1.88 bits per heavy atom. The highest BCUT2D eigenvalue weighted by atomic mass is 32.2. The van der Waals surface area contributed by atoms with Crippen LogP contribution in [0.1, 0.15) is 73.3 Å². The highest BCUT2D eigenvalue weighted by Crippen LogP contribution is 2.29. The smallest absolute Gasteiger partial charge is 0.475 e. The number of carboxylic acid groups (broad SMARTS) is 1. The molecule has 1 aliphatic rings. The molecule has 1 aliphatic heterocycles. The number of rotatable bonds is 12. The summed E-state index contributed by atoms with van der Waals surface area (Å²) in [5.74, 6) is -3.18. The van der Waals surface area contributed by atoms with Gasteiger partial charge >= 0.3 is 21.6 Å². The Morgan fingerprint density at radius 1 is 1.12 bits per heavy atom. The van der Waals surface area contributed by atoms with Crippen molar-refractivity contribution >= 4 is 22.2 Å². The number of hydrogen-bond acceptors (Lipinski definition) is 10. The highest BCUT2D eigenvalue weighted by molar-refractivity contribution is 7.88. The zero-order valence-corrected chi connectivity index (χ0v) is 22.1. The van der Waals surface area contributed by atoms with Crippen molar-refractivity contribution < 1.29 is 54.0 Å². The number of allylic oxidation sites excluding steroid dienone is 1. The van der Waals surface area contributed by atoms with Crippen LogP contribution in [0.25, 0.3) is 6.08 Å². The van der Waals surface area contributed by atoms with Gasteiger partial charge in [0, 0.05) is 24.6 Å². The van der Waals surface area contributed by atoms with Gasteiger partial charge < -0.3 is 27.6 Å². The van der Waals surface area contributed by atoms with E-state index in [1.165, 1.54) is 19.1 Å². The molecule has 1 fully saturated rings. The molecule has 0 aromatic carbocycles. The van der Waals surface area contributed by atoms with Gasteiger partial charge in [-0.1, -0.05) is 12.5 Å². The largest absolute Gasteiger partial charge is 0.534 e. The molecule has 0 bridgehead atoms. The molecule has 3 heterocycles. The van der Waals surface area contributed by atoms with Crippen LogP contribution >= 0.6 is 0 Å². The van der Waals surface area contributed by atoms with Crippen LogP contribution in [0.2, 0.25) is 0 Å². The molecule has 1 saturated heterocycles. The lowest BCUT2D eigenvalue weighted by Gasteiger charge is -2.30. The molecule has 11 nitrogen and oxygen atoms in total. The van der Waals surface area contributed by atoms with E-state index in [9.17, 15) is 36.0 Å². The van der Waals surface area contributed by atoms with Gasteiger partial charge in [0.15, 0.2) is 17.5 Å². The van der Waals surface area contributed by atoms with Gasteiger partial charge in [-0.05, 0) is 45.1 Å². The van der Waals surface area contributed by atoms with Crippen molar-refractivity contribution in [2.75, 3.05) is 0 Å². The maximum atomic E-state index is 12.7. The van der Waals surface area contributed by atoms with E-state index in [4.69, 9.17) is 23.4 Å². The van der Waals surface area contributed by atoms with Crippen molar-refractivity contribution in [1.29, 1.82) is 0 Å². The fourth-order valence-corrected chi connectivity index (χ4v) is 4.40. The molecule has 2 aromatic heterocycles. The molecule has 3 rings (SSSR count). The molecule has 0 spiro atoms. The summed E-state index contributed by atoms with van der Waals surface area (Å²) in [6.07, 6.45) is 6.04. The quantitative estimate of drug-likeness (QED) is 0.212. The number of aryl methyl sites for hydroxylation is 1. The lowest BCUT2D eigenvalue weighted by molar-refractivity contribution is -0.202. The van der Waals surface area contributed by atoms with E-state index in [0.717, 1.165) is 31.1 Å². The number of aromatic carboxylic acids is 1. The van der Waals surface area contributed by atoms with Crippen molar-refractivity contribution in [2.45, 2.75) is 76.4 Å². The van der Waals surface area contributed by atoms with Crippen molar-refractivity contribution in [3.63, 3.8) is 0 Å². The van der Waals surface area contributed by atoms with Crippen LogP contribution in [0.3, 0.4) is 0 Å². The van der Waals surface area contributed by atoms with Gasteiger partial charge in [-0.25, -0.2) is 4.79 Å². The molecule has 2 aromatic rings. The molecule has 40 heavy (non-hydrogen) atoms. The predicted octanol–water partition coefficient (Wildman–Crippen LogP) is 4.38. The fraction of sp³-hybridized carbons (Fsp3) is 0.480. The molecule has 1 N–H and O–H groups in total. The number of carbonyl (C=O) groups is 1. The SMILES string of the molecule is C/C=C/c1oc(COC2CCCC(CCCCc3cc(=O)cc(C(=O)O)o3)O2)cc(=O)c1OS(=O)(=O)C(F)(F)F. The first-order valence-electron chi connectivity index (χ1n) is 12.2. The second-order valence-electron chi connectivity index (χ2n) is 8.86. The zero-order chi connectivity index (χ0) is 29.5. The van der Waals surface area contributed by atoms with Crippen molar-refractivity contribution in [1.82, 2.24) is 0 Å². The molecule has 220 valence electrons. The maximum Gasteiger partial charge on any atom is 0.534 e. The molecule has 0 radical (unpaired) electrons. The topological polar surface area (TPSA) is 160 Å². The average molecular weight is 593 g/mol. The number of ether oxygens (including phenoxy) is 2. The van der Waals surface area contributed by atoms with E-state index >= 15 is 0 Å². The summed E-state index contributed by atoms with van der Waals surface area (Å²) in [5.41, 5.74) is -7.32. The summed E-state index contributed by atoms with van der Waals surface area (Å²) < 4.78 is 87.0. The minimum atomic E-state index is -6.08. The van der Waals surface area contributed by atoms with E-state index < -0.39 is 56.0 Å². The van der Waals surface area contributed by atoms with E-state index in [0.29, 0.717) is 32.1 Å². The summed E-state index contributed by atoms with van der Waals surface area (Å²) in [4.78, 5) is 35.0. The molecule has 0 aliphatic carbocycles. The number of halogens is 3. The molecular formula is C25H27F3O11S. The monoisotopic (exact) mass is 592 g/mol. The van der Waals surface area contributed by atoms with Crippen LogP contribution in [0.4, 0.5) is 13.2 Å². The summed E-state index contributed by atoms with van der Waals surface area (Å²) >= 11 is 0. The molecule has 0 amide bonds. The van der Waals surface area contributed by atoms with Crippen LogP contribution < -0.4 is 15.0 Å². The molecule has 0 saturated carbocycles. The lowest BCUT2D eigenvalue weighted by atomic mass is 10.0. The number of carboxylic acids is 1. The zero-order valence-electron chi connectivity index (χ0n) is 21.3. The van der Waals surface area contributed by atoms with E-state index in [1.54, 1.807) is 0 Å². The molecule has 2 atom stereocenters. The minimum Gasteiger partial charge on any atom is -0.475 e. The van der Waals surface area contributed by atoms with Crippen LogP contribution in [0, 0.1) is 0 Å². The van der Waals surface area contributed by atoms with Crippen molar-refractivity contribution in [2.24, 2.45) is 0 Å². The highest BCUT2D eigenvalue weighted by Gasteiger charge is 2.49. The summed E-state index contributed by atoms with van der Waals surface area (Å²) in [7, 11) is -6.08. The number of unbranched alkanes of at least 4 members (excludes halogenated alkanes) is 1. The van der Waals surface area contributed by atoms with Gasteiger partial charge in [-0.3, -0.25) is 9.59 Å². The van der Waals surface area contributed by atoms with Crippen molar-refractivity contribution in [3.8, 4) is 5.75 Å². The number of alkyl halides is 3. The Bertz CT molecular complexity index is 1440. The van der Waals surface area contributed by atoms with E-state index in [-0.39, 0.29) is 24.2 Å². The van der Waals surface area contributed by atoms with Crippen molar-refractivity contribution in [3.05, 3.63) is 67.8 Å². The Hall–Kier alpha value is -3.43. The Kier molecular flexibility index (Phi) is 10.3. The number of hydrogen-bond donors (Lipinski definition) is 1. The van der Waals surface area contributed by atoms with Gasteiger partial charge in [0.25, 0.3) is 0 Å². The van der Waals surface area contributed by atoms with Crippen LogP contribution in [0.15, 0.2) is 42.7 Å². The third-order valence-electron chi connectivity index (χ3n) is 5.72. The fourth-order valence-electron chi connectivity index (χ4n) is 3.92. The molecular weight excluding hydrogens is 565 g/mol. The normalized spacial score (nSPS) is 18.2. The first-order chi connectivity index (χ1) is 18.8. The van der Waals surface area contributed by atoms with E-state index in [2.05, 4.69) is 4.18 Å². The first-order valence-corrected chi connectivity index (χ1v) is 13.6. The third-order valence-corrected chi connectivity index (χ3v) is 6.68. The van der Waals surface area contributed by atoms with Crippen LogP contribution in [0.5, 0.6) is 5.75 Å². The van der Waals surface area contributed by atoms with Gasteiger partial charge in [-0.2, -0.15) is 21.6 Å². The minimum absolute atomic E-state index is 0.0781. The Labute approximate surface area is 226 Å². The van der Waals surface area contributed by atoms with E-state index in [1.807, 2.05) is 0 Å². The summed E-state index contributed by atoms with van der Waals surface area (Å²) in [6, 6.07) is 2.95. The summed E-state index contributed by atoms with van der Waals surface area (Å²) in [6.45, 7) is 1.20. The lowest BCUT2D eigenvalue weighted by Crippen LogP contribution is -2.30. The predicted molar refractivity (Wildman–Crippen MR) is 132 cm³/mol. The van der Waals surface area contributed by atoms with Crippen LogP contribution in [-0.2, 0) is 32.6 Å². The van der Waals surface area contributed by atoms with Gasteiger partial charge in [0.1, 0.15) is 18.1 Å². The van der Waals surface area contributed by atoms with Gasteiger partial charge in [-0.15, -0.1) is 0 Å². The van der Waals surface area contributed by atoms with Crippen LogP contribution in [-0.4, -0.2) is 37.4 Å². The first kappa shape index (κ1) is 31.1. The molecule has 15 heteroatoms. The Balaban J connectivity index is 1.55. The second kappa shape index (κ2) is 13.3. The van der Waals surface area contributed by atoms with Gasteiger partial charge in [0.2, 0.25) is 16.9 Å². The third kappa shape index (κ3) is 8.53. The Morgan fingerprint density at radius 3 is 2.55 bits per heavy atom. The maximum absolute atomic E-state index is 12.7. The molecule has 2 unspecified atom stereocenters. The standard InChI is InChI=1S/C25H27F3O11S/c1-2-6-20-23(39-40(33,34)25(26,27)28)19(30)13-18(37-20)14-35-22-10-5-9-16(38-22)7-3-4-8-17-11-15(29)12-21(36-17)24(31)32/h2,6,11-13,16,22H,3-5,7-10,14H2,1H3,(H,31,32)/b6-2+.